The number of H-pyrrole nitrogens is 1. The molecule has 3 aliphatic rings. The maximum Gasteiger partial charge on any atom is 0.274 e. The molecule has 1 amide bonds. The molecule has 0 radical (unpaired) electrons. The molecule has 2 aliphatic heterocycles. The second-order valence-electron chi connectivity index (χ2n) is 8.43. The van der Waals surface area contributed by atoms with Crippen LogP contribution in [0.25, 0.3) is 0 Å². The second kappa shape index (κ2) is 6.79. The molecule has 1 fully saturated rings. The van der Waals surface area contributed by atoms with E-state index < -0.39 is 0 Å². The monoisotopic (exact) mass is 364 g/mol. The predicted molar refractivity (Wildman–Crippen MR) is 105 cm³/mol. The largest absolute Gasteiger partial charge is 0.336 e. The maximum absolute atomic E-state index is 13.4. The number of piperidine rings is 1. The van der Waals surface area contributed by atoms with Gasteiger partial charge in [-0.25, -0.2) is 0 Å². The normalized spacial score (nSPS) is 25.0. The number of hydrogen-bond donors (Lipinski definition) is 2. The zero-order chi connectivity index (χ0) is 18.3. The van der Waals surface area contributed by atoms with E-state index >= 15 is 0 Å². The van der Waals surface area contributed by atoms with Crippen LogP contribution in [-0.4, -0.2) is 40.6 Å². The molecule has 1 atom stereocenters. The lowest BCUT2D eigenvalue weighted by Gasteiger charge is -2.43. The predicted octanol–water partition coefficient (Wildman–Crippen LogP) is 2.96. The molecule has 1 aromatic carbocycles. The van der Waals surface area contributed by atoms with E-state index in [0.29, 0.717) is 5.69 Å². The SMILES string of the molecule is O=C(c1n[nH]c2c1CNCC2)N1CCC[C@@]2(CCCCc3ccccc32)C1. The average molecular weight is 364 g/mol. The summed E-state index contributed by atoms with van der Waals surface area (Å²) in [5.74, 6) is 0.108. The van der Waals surface area contributed by atoms with Crippen LogP contribution in [0.5, 0.6) is 0 Å². The van der Waals surface area contributed by atoms with E-state index in [1.54, 1.807) is 0 Å². The first-order chi connectivity index (χ1) is 13.3. The molecule has 27 heavy (non-hydrogen) atoms. The molecular formula is C22H28N4O. The number of hydrogen-bond acceptors (Lipinski definition) is 3. The lowest BCUT2D eigenvalue weighted by Crippen LogP contribution is -2.49. The fraction of sp³-hybridized carbons (Fsp3) is 0.545. The molecule has 1 spiro atoms. The minimum atomic E-state index is 0.108. The number of nitrogens with zero attached hydrogens (tertiary/aromatic N) is 2. The van der Waals surface area contributed by atoms with Crippen molar-refractivity contribution in [2.75, 3.05) is 19.6 Å². The smallest absolute Gasteiger partial charge is 0.274 e. The summed E-state index contributed by atoms with van der Waals surface area (Å²) in [6.45, 7) is 3.37. The summed E-state index contributed by atoms with van der Waals surface area (Å²) in [4.78, 5) is 15.5. The van der Waals surface area contributed by atoms with Crippen LogP contribution >= 0.6 is 0 Å². The Hall–Kier alpha value is -2.14. The van der Waals surface area contributed by atoms with Crippen molar-refractivity contribution in [3.63, 3.8) is 0 Å². The molecule has 1 aromatic heterocycles. The number of rotatable bonds is 1. The Morgan fingerprint density at radius 1 is 1.11 bits per heavy atom. The van der Waals surface area contributed by atoms with Crippen molar-refractivity contribution < 1.29 is 4.79 Å². The van der Waals surface area contributed by atoms with Crippen LogP contribution in [0.3, 0.4) is 0 Å². The number of likely N-dealkylation sites (tertiary alicyclic amines) is 1. The highest BCUT2D eigenvalue weighted by Crippen LogP contribution is 2.43. The zero-order valence-corrected chi connectivity index (χ0v) is 15.9. The van der Waals surface area contributed by atoms with E-state index in [-0.39, 0.29) is 11.3 Å². The van der Waals surface area contributed by atoms with Crippen LogP contribution < -0.4 is 5.32 Å². The van der Waals surface area contributed by atoms with Gasteiger partial charge in [0.05, 0.1) is 0 Å². The van der Waals surface area contributed by atoms with Crippen LogP contribution in [0, 0.1) is 0 Å². The summed E-state index contributed by atoms with van der Waals surface area (Å²) in [7, 11) is 0. The number of carbonyl (C=O) groups excluding carboxylic acids is 1. The Balaban J connectivity index is 1.46. The van der Waals surface area contributed by atoms with Gasteiger partial charge in [0.25, 0.3) is 5.91 Å². The number of amides is 1. The van der Waals surface area contributed by atoms with Crippen LogP contribution in [0.15, 0.2) is 24.3 Å². The molecule has 0 unspecified atom stereocenters. The average Bonchev–Trinajstić information content (AvgIpc) is 3.07. The fourth-order valence-electron chi connectivity index (χ4n) is 5.45. The van der Waals surface area contributed by atoms with E-state index in [9.17, 15) is 4.79 Å². The number of carbonyl (C=O) groups is 1. The fourth-order valence-corrected chi connectivity index (χ4v) is 5.45. The summed E-state index contributed by atoms with van der Waals surface area (Å²) in [5, 5.41) is 10.9. The van der Waals surface area contributed by atoms with Crippen molar-refractivity contribution in [1.82, 2.24) is 20.4 Å². The van der Waals surface area contributed by atoms with Gasteiger partial charge in [0.2, 0.25) is 0 Å². The molecule has 5 nitrogen and oxygen atoms in total. The Labute approximate surface area is 160 Å². The van der Waals surface area contributed by atoms with Crippen molar-refractivity contribution in [2.45, 2.75) is 56.9 Å². The summed E-state index contributed by atoms with van der Waals surface area (Å²) < 4.78 is 0. The molecule has 5 heteroatoms. The Morgan fingerprint density at radius 3 is 2.96 bits per heavy atom. The lowest BCUT2D eigenvalue weighted by molar-refractivity contribution is 0.0618. The van der Waals surface area contributed by atoms with Crippen molar-refractivity contribution >= 4 is 5.91 Å². The van der Waals surface area contributed by atoms with Crippen LogP contribution in [0.2, 0.25) is 0 Å². The number of aryl methyl sites for hydroxylation is 1. The first-order valence-corrected chi connectivity index (χ1v) is 10.4. The third kappa shape index (κ3) is 2.89. The molecule has 3 heterocycles. The molecule has 5 rings (SSSR count). The summed E-state index contributed by atoms with van der Waals surface area (Å²) >= 11 is 0. The molecule has 2 N–H and O–H groups in total. The minimum Gasteiger partial charge on any atom is -0.336 e. The first-order valence-electron chi connectivity index (χ1n) is 10.4. The first kappa shape index (κ1) is 17.0. The highest BCUT2D eigenvalue weighted by atomic mass is 16.2. The van der Waals surface area contributed by atoms with Gasteiger partial charge in [-0.2, -0.15) is 5.10 Å². The number of fused-ring (bicyclic) bond motifs is 3. The van der Waals surface area contributed by atoms with Gasteiger partial charge in [-0.1, -0.05) is 30.7 Å². The lowest BCUT2D eigenvalue weighted by atomic mass is 9.70. The second-order valence-corrected chi connectivity index (χ2v) is 8.43. The molecule has 0 bridgehead atoms. The van der Waals surface area contributed by atoms with Crippen molar-refractivity contribution in [3.05, 3.63) is 52.3 Å². The number of nitrogens with one attached hydrogen (secondary N) is 2. The van der Waals surface area contributed by atoms with Gasteiger partial charge in [0.15, 0.2) is 5.69 Å². The molecule has 2 aromatic rings. The summed E-state index contributed by atoms with van der Waals surface area (Å²) in [6.07, 6.45) is 8.05. The van der Waals surface area contributed by atoms with Gasteiger partial charge in [-0.15, -0.1) is 0 Å². The summed E-state index contributed by atoms with van der Waals surface area (Å²) in [5.41, 5.74) is 5.94. The van der Waals surface area contributed by atoms with E-state index in [4.69, 9.17) is 0 Å². The number of benzene rings is 1. The van der Waals surface area contributed by atoms with Crippen LogP contribution in [-0.2, 0) is 24.8 Å². The van der Waals surface area contributed by atoms with Crippen LogP contribution in [0.1, 0.15) is 65.0 Å². The van der Waals surface area contributed by atoms with Gasteiger partial charge in [-0.05, 0) is 43.2 Å². The van der Waals surface area contributed by atoms with Crippen molar-refractivity contribution in [1.29, 1.82) is 0 Å². The maximum atomic E-state index is 13.4. The molecule has 1 aliphatic carbocycles. The third-order valence-electron chi connectivity index (χ3n) is 6.81. The topological polar surface area (TPSA) is 61.0 Å². The zero-order valence-electron chi connectivity index (χ0n) is 15.9. The Kier molecular flexibility index (Phi) is 4.27. The Bertz CT molecular complexity index is 858. The van der Waals surface area contributed by atoms with E-state index in [2.05, 4.69) is 44.7 Å². The minimum absolute atomic E-state index is 0.108. The van der Waals surface area contributed by atoms with Gasteiger partial charge >= 0.3 is 0 Å². The van der Waals surface area contributed by atoms with Crippen molar-refractivity contribution in [2.24, 2.45) is 0 Å². The van der Waals surface area contributed by atoms with E-state index in [1.807, 2.05) is 0 Å². The highest BCUT2D eigenvalue weighted by molar-refractivity contribution is 5.94. The van der Waals surface area contributed by atoms with Gasteiger partial charge in [0, 0.05) is 49.3 Å². The van der Waals surface area contributed by atoms with Gasteiger partial charge < -0.3 is 10.2 Å². The van der Waals surface area contributed by atoms with Crippen molar-refractivity contribution in [3.8, 4) is 0 Å². The molecule has 0 saturated carbocycles. The standard InChI is InChI=1S/C22H28N4O/c27-21(20-17-14-23-12-9-19(17)24-25-20)26-13-5-11-22(15-26)10-4-3-7-16-6-1-2-8-18(16)22/h1-2,6,8,23H,3-5,7,9-15H2,(H,24,25)/t22-/m0/s1. The van der Waals surface area contributed by atoms with Gasteiger partial charge in [-0.3, -0.25) is 9.89 Å². The number of aromatic nitrogens is 2. The Morgan fingerprint density at radius 2 is 2.00 bits per heavy atom. The van der Waals surface area contributed by atoms with Crippen LogP contribution in [0.4, 0.5) is 0 Å². The summed E-state index contributed by atoms with van der Waals surface area (Å²) in [6, 6.07) is 8.93. The van der Waals surface area contributed by atoms with E-state index in [0.717, 1.165) is 50.3 Å². The molecular weight excluding hydrogens is 336 g/mol. The third-order valence-corrected chi connectivity index (χ3v) is 6.81. The molecule has 1 saturated heterocycles. The molecule has 142 valence electrons. The number of aromatic amines is 1. The van der Waals surface area contributed by atoms with Gasteiger partial charge in [0.1, 0.15) is 0 Å². The highest BCUT2D eigenvalue weighted by Gasteiger charge is 2.41. The van der Waals surface area contributed by atoms with E-state index in [1.165, 1.54) is 43.2 Å². The quantitative estimate of drug-likeness (QED) is 0.818.